The molecule has 1 saturated heterocycles. The number of hydrogen-bond donors (Lipinski definition) is 1. The van der Waals surface area contributed by atoms with Gasteiger partial charge < -0.3 is 10.2 Å². The van der Waals surface area contributed by atoms with Crippen LogP contribution in [0, 0.1) is 0 Å². The average molecular weight is 264 g/mol. The van der Waals surface area contributed by atoms with E-state index in [-0.39, 0.29) is 11.4 Å². The average Bonchev–Trinajstić information content (AvgIpc) is 2.36. The molecular weight excluding hydrogens is 244 g/mol. The third-order valence-corrected chi connectivity index (χ3v) is 3.99. The van der Waals surface area contributed by atoms with Gasteiger partial charge in [-0.15, -0.1) is 11.8 Å². The molecule has 1 amide bonds. The monoisotopic (exact) mass is 264 g/mol. The molecule has 0 aromatic heterocycles. The van der Waals surface area contributed by atoms with E-state index in [1.54, 1.807) is 11.8 Å². The Balaban J connectivity index is 2.20. The van der Waals surface area contributed by atoms with Gasteiger partial charge in [-0.1, -0.05) is 12.1 Å². The lowest BCUT2D eigenvalue weighted by molar-refractivity contribution is 0.0648. The smallest absolute Gasteiger partial charge is 0.255 e. The van der Waals surface area contributed by atoms with Crippen LogP contribution in [0.3, 0.4) is 0 Å². The zero-order valence-electron chi connectivity index (χ0n) is 11.2. The first-order chi connectivity index (χ1) is 8.53. The van der Waals surface area contributed by atoms with Crippen LogP contribution in [0.1, 0.15) is 24.2 Å². The van der Waals surface area contributed by atoms with E-state index >= 15 is 0 Å². The van der Waals surface area contributed by atoms with Crippen LogP contribution in [0.4, 0.5) is 0 Å². The number of amides is 1. The summed E-state index contributed by atoms with van der Waals surface area (Å²) in [5.74, 6) is 0.148. The van der Waals surface area contributed by atoms with Crippen LogP contribution in [0.5, 0.6) is 0 Å². The highest BCUT2D eigenvalue weighted by Gasteiger charge is 2.29. The fourth-order valence-corrected chi connectivity index (χ4v) is 2.90. The second-order valence-corrected chi connectivity index (χ2v) is 6.09. The molecule has 0 bridgehead atoms. The highest BCUT2D eigenvalue weighted by Crippen LogP contribution is 2.22. The van der Waals surface area contributed by atoms with Crippen LogP contribution in [-0.2, 0) is 0 Å². The molecule has 1 N–H and O–H groups in total. The number of carbonyl (C=O) groups excluding carboxylic acids is 1. The molecule has 0 aliphatic carbocycles. The lowest BCUT2D eigenvalue weighted by atomic mass is 10.0. The van der Waals surface area contributed by atoms with Gasteiger partial charge in [0.25, 0.3) is 5.91 Å². The minimum atomic E-state index is 0.00219. The summed E-state index contributed by atoms with van der Waals surface area (Å²) in [7, 11) is 0. The molecule has 1 aliphatic heterocycles. The first-order valence-corrected chi connectivity index (χ1v) is 7.43. The third kappa shape index (κ3) is 2.87. The zero-order chi connectivity index (χ0) is 13.2. The molecule has 3 nitrogen and oxygen atoms in total. The van der Waals surface area contributed by atoms with Gasteiger partial charge in [0.2, 0.25) is 0 Å². The quantitative estimate of drug-likeness (QED) is 0.831. The van der Waals surface area contributed by atoms with E-state index in [0.29, 0.717) is 0 Å². The molecule has 18 heavy (non-hydrogen) atoms. The Morgan fingerprint density at radius 2 is 2.11 bits per heavy atom. The van der Waals surface area contributed by atoms with Crippen LogP contribution in [0.25, 0.3) is 0 Å². The summed E-state index contributed by atoms with van der Waals surface area (Å²) >= 11 is 1.62. The summed E-state index contributed by atoms with van der Waals surface area (Å²) in [5.41, 5.74) is 0.824. The Kier molecular flexibility index (Phi) is 3.97. The Hall–Kier alpha value is -1.00. The van der Waals surface area contributed by atoms with Crippen molar-refractivity contribution in [1.82, 2.24) is 10.2 Å². The lowest BCUT2D eigenvalue weighted by Gasteiger charge is -2.39. The maximum atomic E-state index is 12.6. The number of nitrogens with one attached hydrogen (secondary N) is 1. The standard InChI is InChI=1S/C14H20N2OS/c1-14(2)10-16(9-8-15-14)13(17)11-6-4-5-7-12(11)18-3/h4-7,15H,8-10H2,1-3H3. The zero-order valence-corrected chi connectivity index (χ0v) is 12.0. The number of benzene rings is 1. The predicted molar refractivity (Wildman–Crippen MR) is 76.2 cm³/mol. The van der Waals surface area contributed by atoms with Crippen molar-refractivity contribution < 1.29 is 4.79 Å². The van der Waals surface area contributed by atoms with Crippen molar-refractivity contribution in [3.63, 3.8) is 0 Å². The molecular formula is C14H20N2OS. The van der Waals surface area contributed by atoms with Gasteiger partial charge >= 0.3 is 0 Å². The normalized spacial score (nSPS) is 18.7. The fraction of sp³-hybridized carbons (Fsp3) is 0.500. The van der Waals surface area contributed by atoms with Gasteiger partial charge in [0.05, 0.1) is 5.56 Å². The molecule has 4 heteroatoms. The molecule has 1 aromatic rings. The van der Waals surface area contributed by atoms with E-state index < -0.39 is 0 Å². The van der Waals surface area contributed by atoms with Crippen molar-refractivity contribution >= 4 is 17.7 Å². The third-order valence-electron chi connectivity index (χ3n) is 3.20. The number of hydrogen-bond acceptors (Lipinski definition) is 3. The molecule has 0 atom stereocenters. The molecule has 1 aromatic carbocycles. The van der Waals surface area contributed by atoms with Crippen molar-refractivity contribution in [2.45, 2.75) is 24.3 Å². The Morgan fingerprint density at radius 3 is 2.78 bits per heavy atom. The van der Waals surface area contributed by atoms with Gasteiger partial charge in [0.15, 0.2) is 0 Å². The predicted octanol–water partition coefficient (Wildman–Crippen LogP) is 2.23. The molecule has 2 rings (SSSR count). The van der Waals surface area contributed by atoms with Crippen molar-refractivity contribution in [3.05, 3.63) is 29.8 Å². The topological polar surface area (TPSA) is 32.3 Å². The summed E-state index contributed by atoms with van der Waals surface area (Å²) < 4.78 is 0. The minimum Gasteiger partial charge on any atom is -0.336 e. The highest BCUT2D eigenvalue weighted by atomic mass is 32.2. The second-order valence-electron chi connectivity index (χ2n) is 5.24. The van der Waals surface area contributed by atoms with E-state index in [9.17, 15) is 4.79 Å². The molecule has 0 radical (unpaired) electrons. The Morgan fingerprint density at radius 1 is 1.39 bits per heavy atom. The molecule has 1 heterocycles. The molecule has 1 fully saturated rings. The van der Waals surface area contributed by atoms with Gasteiger partial charge in [-0.05, 0) is 32.2 Å². The maximum Gasteiger partial charge on any atom is 0.255 e. The van der Waals surface area contributed by atoms with Gasteiger partial charge in [-0.25, -0.2) is 0 Å². The van der Waals surface area contributed by atoms with Gasteiger partial charge in [0, 0.05) is 30.1 Å². The van der Waals surface area contributed by atoms with Gasteiger partial charge in [-0.3, -0.25) is 4.79 Å². The molecule has 0 unspecified atom stereocenters. The van der Waals surface area contributed by atoms with Crippen molar-refractivity contribution in [1.29, 1.82) is 0 Å². The van der Waals surface area contributed by atoms with Crippen LogP contribution < -0.4 is 5.32 Å². The number of rotatable bonds is 2. The van der Waals surface area contributed by atoms with Gasteiger partial charge in [-0.2, -0.15) is 0 Å². The second kappa shape index (κ2) is 5.33. The van der Waals surface area contributed by atoms with Crippen LogP contribution in [-0.4, -0.2) is 42.2 Å². The van der Waals surface area contributed by atoms with Crippen molar-refractivity contribution in [2.75, 3.05) is 25.9 Å². The van der Waals surface area contributed by atoms with E-state index in [1.165, 1.54) is 0 Å². The summed E-state index contributed by atoms with van der Waals surface area (Å²) in [6, 6.07) is 7.83. The number of piperazine rings is 1. The number of thioether (sulfide) groups is 1. The highest BCUT2D eigenvalue weighted by molar-refractivity contribution is 7.98. The minimum absolute atomic E-state index is 0.00219. The molecule has 1 aliphatic rings. The van der Waals surface area contributed by atoms with E-state index in [2.05, 4.69) is 19.2 Å². The first-order valence-electron chi connectivity index (χ1n) is 6.21. The number of carbonyl (C=O) groups is 1. The molecule has 0 saturated carbocycles. The summed E-state index contributed by atoms with van der Waals surface area (Å²) in [6.45, 7) is 6.67. The summed E-state index contributed by atoms with van der Waals surface area (Å²) in [6.07, 6.45) is 2.01. The van der Waals surface area contributed by atoms with Crippen molar-refractivity contribution in [2.24, 2.45) is 0 Å². The van der Waals surface area contributed by atoms with Crippen molar-refractivity contribution in [3.8, 4) is 0 Å². The van der Waals surface area contributed by atoms with Crippen LogP contribution >= 0.6 is 11.8 Å². The summed E-state index contributed by atoms with van der Waals surface area (Å²) in [5, 5.41) is 3.42. The Bertz CT molecular complexity index is 445. The van der Waals surface area contributed by atoms with E-state index in [0.717, 1.165) is 30.1 Å². The molecule has 98 valence electrons. The SMILES string of the molecule is CSc1ccccc1C(=O)N1CCNC(C)(C)C1. The maximum absolute atomic E-state index is 12.6. The van der Waals surface area contributed by atoms with E-state index in [1.807, 2.05) is 35.4 Å². The van der Waals surface area contributed by atoms with Gasteiger partial charge in [0.1, 0.15) is 0 Å². The first kappa shape index (κ1) is 13.4. The largest absolute Gasteiger partial charge is 0.336 e. The van der Waals surface area contributed by atoms with E-state index in [4.69, 9.17) is 0 Å². The van der Waals surface area contributed by atoms with Crippen LogP contribution in [0.15, 0.2) is 29.2 Å². The summed E-state index contributed by atoms with van der Waals surface area (Å²) in [4.78, 5) is 15.6. The molecule has 0 spiro atoms. The Labute approximate surface area is 113 Å². The van der Waals surface area contributed by atoms with Crippen LogP contribution in [0.2, 0.25) is 0 Å². The number of nitrogens with zero attached hydrogens (tertiary/aromatic N) is 1. The lowest BCUT2D eigenvalue weighted by Crippen LogP contribution is -2.58. The fourth-order valence-electron chi connectivity index (χ4n) is 2.31.